The zero-order chi connectivity index (χ0) is 53.7. The Bertz CT molecular complexity index is 2410. The molecule has 0 aromatic heterocycles. The Kier molecular flexibility index (Phi) is 19.3. The minimum atomic E-state index is -0.637. The van der Waals surface area contributed by atoms with Gasteiger partial charge in [0.15, 0.2) is 46.0 Å². The van der Waals surface area contributed by atoms with E-state index in [2.05, 4.69) is 14.1 Å². The number of esters is 2. The van der Waals surface area contributed by atoms with Crippen LogP contribution in [0.1, 0.15) is 58.3 Å². The van der Waals surface area contributed by atoms with Crippen LogP contribution in [-0.4, -0.2) is 160 Å². The summed E-state index contributed by atoms with van der Waals surface area (Å²) in [6, 6.07) is 11.7. The SMILES string of the molecule is COc1cc(C[C@@H]2c3c(cc(OC)c(OC)c3OC)CC[N@@+]2(C)CCCOC(=O)/C=C/C(=O)OCCC[N@+]2(C)CCc3cc(OC)c(OC)c(OC)c3[C@H]2Cc2cc(OC)c(OC)c(OC)c2)cc(OC)c1OC. The van der Waals surface area contributed by atoms with Gasteiger partial charge in [0.05, 0.1) is 150 Å². The Labute approximate surface area is 435 Å². The van der Waals surface area contributed by atoms with Crippen LogP contribution in [0.5, 0.6) is 69.0 Å². The average Bonchev–Trinajstić information content (AvgIpc) is 3.42. The van der Waals surface area contributed by atoms with Crippen molar-refractivity contribution in [1.82, 2.24) is 0 Å². The molecule has 0 saturated heterocycles. The number of hydrogen-bond donors (Lipinski definition) is 0. The van der Waals surface area contributed by atoms with E-state index in [9.17, 15) is 9.59 Å². The van der Waals surface area contributed by atoms with E-state index < -0.39 is 11.9 Å². The maximum absolute atomic E-state index is 13.0. The molecule has 0 saturated carbocycles. The molecular weight excluding hydrogens is 957 g/mol. The van der Waals surface area contributed by atoms with Gasteiger partial charge in [0.1, 0.15) is 12.1 Å². The number of quaternary nitrogens is 2. The first kappa shape index (κ1) is 56.4. The fourth-order valence-corrected chi connectivity index (χ4v) is 10.9. The van der Waals surface area contributed by atoms with E-state index in [1.165, 1.54) is 0 Å². The zero-order valence-corrected chi connectivity index (χ0v) is 45.7. The zero-order valence-electron chi connectivity index (χ0n) is 45.7. The fraction of sp³-hybridized carbons (Fsp3) is 0.500. The van der Waals surface area contributed by atoms with Crippen molar-refractivity contribution in [3.63, 3.8) is 0 Å². The predicted molar refractivity (Wildman–Crippen MR) is 277 cm³/mol. The molecule has 0 aliphatic carbocycles. The predicted octanol–water partition coefficient (Wildman–Crippen LogP) is 7.49. The summed E-state index contributed by atoms with van der Waals surface area (Å²) in [6.07, 6.45) is 5.99. The number of methoxy groups -OCH3 is 12. The Morgan fingerprint density at radius 2 is 0.730 bits per heavy atom. The minimum absolute atomic E-state index is 0.125. The first-order valence-corrected chi connectivity index (χ1v) is 24.6. The lowest BCUT2D eigenvalue weighted by atomic mass is 9.85. The highest BCUT2D eigenvalue weighted by molar-refractivity contribution is 5.91. The second kappa shape index (κ2) is 25.3. The number of carbonyl (C=O) groups is 2. The van der Waals surface area contributed by atoms with Crippen molar-refractivity contribution in [3.05, 3.63) is 81.9 Å². The third-order valence-corrected chi connectivity index (χ3v) is 14.6. The van der Waals surface area contributed by atoms with Crippen molar-refractivity contribution < 1.29 is 84.9 Å². The van der Waals surface area contributed by atoms with Crippen LogP contribution in [0.4, 0.5) is 0 Å². The van der Waals surface area contributed by atoms with Gasteiger partial charge in [0, 0.05) is 50.7 Å². The molecule has 0 radical (unpaired) electrons. The van der Waals surface area contributed by atoms with Gasteiger partial charge in [-0.15, -0.1) is 0 Å². The largest absolute Gasteiger partial charge is 0.493 e. The van der Waals surface area contributed by atoms with Crippen molar-refractivity contribution in [1.29, 1.82) is 0 Å². The molecule has 4 aromatic carbocycles. The Morgan fingerprint density at radius 3 is 1.01 bits per heavy atom. The number of rotatable bonds is 26. The molecule has 6 rings (SSSR count). The first-order chi connectivity index (χ1) is 35.7. The quantitative estimate of drug-likeness (QED) is 0.0263. The molecule has 4 atom stereocenters. The second-order valence-corrected chi connectivity index (χ2v) is 18.7. The molecule has 0 fully saturated rings. The summed E-state index contributed by atoms with van der Waals surface area (Å²) in [4.78, 5) is 26.0. The van der Waals surface area contributed by atoms with Gasteiger partial charge >= 0.3 is 11.9 Å². The van der Waals surface area contributed by atoms with Crippen molar-refractivity contribution in [2.24, 2.45) is 0 Å². The number of benzene rings is 4. The number of fused-ring (bicyclic) bond motifs is 2. The van der Waals surface area contributed by atoms with E-state index in [-0.39, 0.29) is 25.3 Å². The minimum Gasteiger partial charge on any atom is -0.493 e. The van der Waals surface area contributed by atoms with E-state index in [1.54, 1.807) is 85.3 Å². The van der Waals surface area contributed by atoms with Crippen LogP contribution in [0.3, 0.4) is 0 Å². The Balaban J connectivity index is 1.11. The first-order valence-electron chi connectivity index (χ1n) is 24.6. The molecule has 74 heavy (non-hydrogen) atoms. The van der Waals surface area contributed by atoms with E-state index in [4.69, 9.17) is 66.3 Å². The van der Waals surface area contributed by atoms with E-state index in [1.807, 2.05) is 36.4 Å². The van der Waals surface area contributed by atoms with Crippen molar-refractivity contribution in [2.75, 3.05) is 139 Å². The van der Waals surface area contributed by atoms with Gasteiger partial charge < -0.3 is 75.3 Å². The van der Waals surface area contributed by atoms with Crippen LogP contribution in [-0.2, 0) is 44.7 Å². The van der Waals surface area contributed by atoms with E-state index >= 15 is 0 Å². The summed E-state index contributed by atoms with van der Waals surface area (Å²) in [5, 5.41) is 0. The van der Waals surface area contributed by atoms with Gasteiger partial charge in [-0.05, 0) is 58.7 Å². The third kappa shape index (κ3) is 11.9. The van der Waals surface area contributed by atoms with Crippen LogP contribution >= 0.6 is 0 Å². The lowest BCUT2D eigenvalue weighted by Crippen LogP contribution is -2.53. The van der Waals surface area contributed by atoms with E-state index in [0.717, 1.165) is 71.5 Å². The summed E-state index contributed by atoms with van der Waals surface area (Å²) >= 11 is 0. The van der Waals surface area contributed by atoms with Gasteiger partial charge in [-0.3, -0.25) is 0 Å². The average molecular weight is 1030 g/mol. The maximum atomic E-state index is 13.0. The molecule has 18 nitrogen and oxygen atoms in total. The molecular formula is C56H76N2O16+2. The highest BCUT2D eigenvalue weighted by Crippen LogP contribution is 2.53. The highest BCUT2D eigenvalue weighted by Gasteiger charge is 2.45. The second-order valence-electron chi connectivity index (χ2n) is 18.7. The summed E-state index contributed by atoms with van der Waals surface area (Å²) in [7, 11) is 23.7. The van der Waals surface area contributed by atoms with Crippen LogP contribution in [0.15, 0.2) is 48.6 Å². The summed E-state index contributed by atoms with van der Waals surface area (Å²) in [6.45, 7) is 3.17. The lowest BCUT2D eigenvalue weighted by molar-refractivity contribution is -0.941. The lowest BCUT2D eigenvalue weighted by Gasteiger charge is -2.46. The molecule has 0 amide bonds. The standard InChI is InChI=1S/C56H76N2O16/c1-57(23-19-37-33-45(65-7)53(69-11)55(71-13)49(37)39(57)27-35-29-41(61-3)51(67-9)42(30-35)62-4)21-15-25-73-47(59)17-18-48(60)74-26-16-22-58(2)24-20-38-34-46(66-8)54(70-12)56(72-14)50(38)40(58)28-36-31-43(63-5)52(68-10)44(32-36)64-6/h17-18,29-34,39-40H,15-16,19-28H2,1-14H3/q+2/b18-17+/t39-,40-,57-,58-/m1/s1. The van der Waals surface area contributed by atoms with Crippen molar-refractivity contribution >= 4 is 11.9 Å². The smallest absolute Gasteiger partial charge is 0.331 e. The van der Waals surface area contributed by atoms with Crippen molar-refractivity contribution in [3.8, 4) is 69.0 Å². The molecule has 18 heteroatoms. The number of nitrogens with zero attached hydrogens (tertiary/aromatic N) is 2. The normalized spacial score (nSPS) is 18.8. The van der Waals surface area contributed by atoms with Crippen molar-refractivity contribution in [2.45, 2.75) is 50.6 Å². The summed E-state index contributed by atoms with van der Waals surface area (Å²) in [5.74, 6) is 5.40. The summed E-state index contributed by atoms with van der Waals surface area (Å²) < 4.78 is 81.9. The molecule has 0 spiro atoms. The van der Waals surface area contributed by atoms with Gasteiger partial charge in [0.25, 0.3) is 0 Å². The highest BCUT2D eigenvalue weighted by atomic mass is 16.6. The maximum Gasteiger partial charge on any atom is 0.331 e. The van der Waals surface area contributed by atoms with Gasteiger partial charge in [-0.2, -0.15) is 0 Å². The topological polar surface area (TPSA) is 163 Å². The van der Waals surface area contributed by atoms with Crippen LogP contribution in [0.2, 0.25) is 0 Å². The van der Waals surface area contributed by atoms with Gasteiger partial charge in [-0.25, -0.2) is 9.59 Å². The molecule has 0 unspecified atom stereocenters. The summed E-state index contributed by atoms with van der Waals surface area (Å²) in [5.41, 5.74) is 6.17. The van der Waals surface area contributed by atoms with Gasteiger partial charge in [-0.1, -0.05) is 0 Å². The Morgan fingerprint density at radius 1 is 0.432 bits per heavy atom. The molecule has 2 heterocycles. The third-order valence-electron chi connectivity index (χ3n) is 14.6. The molecule has 2 aliphatic heterocycles. The fourth-order valence-electron chi connectivity index (χ4n) is 10.9. The van der Waals surface area contributed by atoms with Crippen LogP contribution < -0.4 is 56.8 Å². The number of likely N-dealkylation sites (N-methyl/N-ethyl adjacent to an activating group) is 2. The molecule has 0 N–H and O–H groups in total. The monoisotopic (exact) mass is 1030 g/mol. The molecule has 4 aromatic rings. The number of ether oxygens (including phenoxy) is 14. The van der Waals surface area contributed by atoms with Crippen LogP contribution in [0.25, 0.3) is 0 Å². The number of carbonyl (C=O) groups excluding carboxylic acids is 2. The van der Waals surface area contributed by atoms with Gasteiger partial charge in [0.2, 0.25) is 23.0 Å². The Hall–Kier alpha value is -6.92. The van der Waals surface area contributed by atoms with Crippen LogP contribution in [0, 0.1) is 0 Å². The molecule has 2 aliphatic rings. The molecule has 404 valence electrons. The molecule has 0 bridgehead atoms. The van der Waals surface area contributed by atoms with E-state index in [0.29, 0.717) is 117 Å². The number of hydrogen-bond acceptors (Lipinski definition) is 16.